The van der Waals surface area contributed by atoms with Gasteiger partial charge in [-0.15, -0.1) is 0 Å². The van der Waals surface area contributed by atoms with E-state index >= 15 is 24.0 Å². The summed E-state index contributed by atoms with van der Waals surface area (Å²) < 4.78 is 64.3. The number of phenols is 3. The molecule has 0 aromatic heterocycles. The third-order valence-electron chi connectivity index (χ3n) is 23.2. The summed E-state index contributed by atoms with van der Waals surface area (Å²) in [6.07, 6.45) is -14.8. The summed E-state index contributed by atoms with van der Waals surface area (Å²) in [5.41, 5.74) is 0.362. The Balaban J connectivity index is 1.16. The van der Waals surface area contributed by atoms with Crippen molar-refractivity contribution < 1.29 is 156 Å². The third kappa shape index (κ3) is 25.2. The smallest absolute Gasteiger partial charge is 0.341 e. The third-order valence-corrected chi connectivity index (χ3v) is 27.5. The second kappa shape index (κ2) is 44.8. The number of carboxylic acids is 1. The van der Waals surface area contributed by atoms with E-state index in [1.807, 2.05) is 0 Å². The van der Waals surface area contributed by atoms with Gasteiger partial charge in [0.15, 0.2) is 35.3 Å². The molecule has 11 bridgehead atoms. The highest BCUT2D eigenvalue weighted by Gasteiger charge is 2.53. The Bertz CT molecular complexity index is 5110. The van der Waals surface area contributed by atoms with Gasteiger partial charge in [-0.05, 0) is 117 Å². The molecule has 0 saturated carbocycles. The second-order valence-corrected chi connectivity index (χ2v) is 38.2. The molecule has 25 N–H and O–H groups in total. The summed E-state index contributed by atoms with van der Waals surface area (Å²) in [7, 11) is -9.72. The Morgan fingerprint density at radius 3 is 1.89 bits per heavy atom. The number of unbranched alkanes of at least 4 members (excludes halogenated alkanes) is 7. The quantitative estimate of drug-likeness (QED) is 0.0159. The zero-order chi connectivity index (χ0) is 96.2. The van der Waals surface area contributed by atoms with Crippen LogP contribution in [0.25, 0.3) is 11.1 Å². The molecular formula is C84H111Cl2N11O32P2. The van der Waals surface area contributed by atoms with E-state index in [2.05, 4.69) is 54.8 Å². The van der Waals surface area contributed by atoms with Crippen LogP contribution in [0.15, 0.2) is 72.8 Å². The zero-order valence-electron chi connectivity index (χ0n) is 72.0. The molecule has 7 heterocycles. The lowest BCUT2D eigenvalue weighted by atomic mass is 9.85. The van der Waals surface area contributed by atoms with Crippen LogP contribution in [0.4, 0.5) is 0 Å². The molecule has 2 saturated heterocycles. The van der Waals surface area contributed by atoms with Crippen LogP contribution in [-0.4, -0.2) is 259 Å². The average molecular weight is 1920 g/mol. The number of benzene rings is 5. The second-order valence-electron chi connectivity index (χ2n) is 33.3. The van der Waals surface area contributed by atoms with Crippen LogP contribution in [0.1, 0.15) is 175 Å². The molecule has 18 atom stereocenters. The molecule has 7 aliphatic heterocycles. The molecule has 718 valence electrons. The van der Waals surface area contributed by atoms with Crippen molar-refractivity contribution in [2.24, 2.45) is 11.7 Å². The number of hydrogen-bond donors (Lipinski definition) is 24. The SMILES string of the molecule is CCCCCCCCCCN(CCNC1(C)CC(OC2C(Oc3c4cc5cc3Oc3ccc(cc3Cl)C(O)C3NC(=O)C(NC(=O)C5NC(=O)C(CC(N)=O)NC(=O)C(NC(=O)C(CC(C)C)NC)C(O)c5ccc(c(Cl)c5)O4)c4ccc(O)c(c4)-c4c(cc(O)c(CNCC=O)c4O)C(C(=O)O)NC3=O)OC(CO)C(O)C2O)OC(C)C1O)C(=O)CC(P(=O)(O)O)P(=O)(O)O. The maximum absolute atomic E-state index is 16.4. The minimum atomic E-state index is -5.58. The van der Waals surface area contributed by atoms with Crippen molar-refractivity contribution in [1.82, 2.24) is 52.8 Å². The van der Waals surface area contributed by atoms with Gasteiger partial charge in [-0.1, -0.05) is 107 Å². The molecule has 0 spiro atoms. The van der Waals surface area contributed by atoms with Crippen LogP contribution in [-0.2, 0) is 77.8 Å². The number of nitrogens with two attached hydrogens (primary N) is 1. The Kier molecular flexibility index (Phi) is 35.3. The first-order valence-electron chi connectivity index (χ1n) is 42.3. The molecule has 8 amide bonds. The summed E-state index contributed by atoms with van der Waals surface area (Å²) >= 11 is 14.3. The summed E-state index contributed by atoms with van der Waals surface area (Å²) in [4.78, 5) is 186. The first-order chi connectivity index (χ1) is 61.8. The van der Waals surface area contributed by atoms with Crippen molar-refractivity contribution >= 4 is 97.9 Å². The number of phenolic OH excluding ortho intramolecular Hbond substituents is 3. The van der Waals surface area contributed by atoms with E-state index in [1.54, 1.807) is 13.8 Å². The fourth-order valence-electron chi connectivity index (χ4n) is 16.1. The van der Waals surface area contributed by atoms with Crippen LogP contribution >= 0.6 is 38.4 Å². The highest BCUT2D eigenvalue weighted by molar-refractivity contribution is 7.70. The van der Waals surface area contributed by atoms with Gasteiger partial charge in [0.1, 0.15) is 95.8 Å². The topological polar surface area (TPSA) is 681 Å². The van der Waals surface area contributed by atoms with Crippen LogP contribution in [0.2, 0.25) is 10.0 Å². The van der Waals surface area contributed by atoms with Gasteiger partial charge in [0.2, 0.25) is 59.3 Å². The molecule has 2 fully saturated rings. The number of primary amides is 1. The van der Waals surface area contributed by atoms with Gasteiger partial charge in [-0.2, -0.15) is 0 Å². The Morgan fingerprint density at radius 2 is 1.31 bits per heavy atom. The molecule has 43 nitrogen and oxygen atoms in total. The maximum atomic E-state index is 16.4. The number of aromatic hydroxyl groups is 3. The van der Waals surface area contributed by atoms with Gasteiger partial charge in [0, 0.05) is 54.8 Å². The van der Waals surface area contributed by atoms with E-state index in [0.29, 0.717) is 19.1 Å². The number of nitrogens with zero attached hydrogens (tertiary/aromatic N) is 1. The summed E-state index contributed by atoms with van der Waals surface area (Å²) in [5, 5.41) is 138. The number of hydrogen-bond acceptors (Lipinski definition) is 30. The molecule has 5 aromatic rings. The minimum Gasteiger partial charge on any atom is -0.507 e. The maximum Gasteiger partial charge on any atom is 0.341 e. The van der Waals surface area contributed by atoms with Gasteiger partial charge >= 0.3 is 21.2 Å². The molecule has 5 aromatic carbocycles. The molecule has 18 unspecified atom stereocenters. The molecule has 0 aliphatic carbocycles. The number of carbonyl (C=O) groups excluding carboxylic acids is 9. The fourth-order valence-corrected chi connectivity index (χ4v) is 18.9. The number of aliphatic carboxylic acids is 1. The number of rotatable bonds is 34. The number of halogens is 2. The largest absolute Gasteiger partial charge is 0.507 e. The Hall–Kier alpha value is -9.80. The molecular weight excluding hydrogens is 1810 g/mol. The van der Waals surface area contributed by atoms with Crippen LogP contribution in [0.5, 0.6) is 46.0 Å². The molecule has 0 radical (unpaired) electrons. The highest BCUT2D eigenvalue weighted by atomic mass is 35.5. The standard InChI is InChI=1S/C84H111Cl2N11O32P2/c1-7-8-9-10-11-12-13-14-23-97(59(103)34-61(130(118,119)120)131(121,122)123)24-21-90-84(5)35-60(124-39(4)75(84)109)128-74-72(108)71(107)57(37-99)127-83(74)129-73-55-30-43-31-56(73)126-54-20-17-42(29-48(54)86)69(105)67-81(115)94-65(82(116)117)45-32-52(101)46(36-89-22-25-98)70(106)62(45)44-27-40(15-18-51(44)100)63(78(112)96-67)93-79(113)64(43)92-77(111)50(33-58(87)102)91-80(114)66(95-76(110)49(88-6)26-38(2)3)68(104)41-16-19-53(125-55)47(85)28-41/h15-20,25,27-32,38-39,49-50,57,60-61,63-69,71-72,74-75,83,88-90,99-101,104-109H,7-14,21-24,26,33-37H2,1-6H3,(H2,87,102)(H,91,114)(H,92,111)(H,93,113)(H,94,115)(H,95,110)(H,96,112)(H,116,117)(H2,118,119,120)(H2,121,122,123). The number of carbonyl (C=O) groups is 10. The van der Waals surface area contributed by atoms with Gasteiger partial charge in [-0.25, -0.2) is 4.79 Å². The monoisotopic (exact) mass is 1920 g/mol. The normalized spacial score (nSPS) is 25.7. The van der Waals surface area contributed by atoms with Crippen molar-refractivity contribution in [3.05, 3.63) is 116 Å². The Labute approximate surface area is 760 Å². The first kappa shape index (κ1) is 103. The van der Waals surface area contributed by atoms with Crippen molar-refractivity contribution in [3.8, 4) is 57.1 Å². The molecule has 7 aliphatic rings. The summed E-state index contributed by atoms with van der Waals surface area (Å²) in [6, 6.07) is -2.75. The number of ether oxygens (including phenoxy) is 6. The lowest BCUT2D eigenvalue weighted by molar-refractivity contribution is -0.334. The van der Waals surface area contributed by atoms with E-state index in [4.69, 9.17) is 57.4 Å². The summed E-state index contributed by atoms with van der Waals surface area (Å²) in [6.45, 7) is 6.11. The van der Waals surface area contributed by atoms with Crippen molar-refractivity contribution in [1.29, 1.82) is 0 Å². The predicted octanol–water partition coefficient (Wildman–Crippen LogP) is 2.07. The number of carboxylic acid groups (broad SMARTS) is 1. The van der Waals surface area contributed by atoms with Gasteiger partial charge in [0.05, 0.1) is 59.9 Å². The number of aliphatic hydroxyl groups excluding tert-OH is 6. The number of aliphatic hydroxyl groups is 6. The summed E-state index contributed by atoms with van der Waals surface area (Å²) in [5.74, 6) is -18.4. The number of amides is 8. The van der Waals surface area contributed by atoms with E-state index in [-0.39, 0.29) is 49.6 Å². The molecule has 12 rings (SSSR count). The van der Waals surface area contributed by atoms with E-state index in [9.17, 15) is 104 Å². The predicted molar refractivity (Wildman–Crippen MR) is 463 cm³/mol. The van der Waals surface area contributed by atoms with E-state index in [1.165, 1.54) is 31.9 Å². The Morgan fingerprint density at radius 1 is 0.710 bits per heavy atom. The highest BCUT2D eigenvalue weighted by Crippen LogP contribution is 2.61. The average Bonchev–Trinajstić information content (AvgIpc) is 0.740. The van der Waals surface area contributed by atoms with Crippen LogP contribution in [0, 0.1) is 5.92 Å². The lowest BCUT2D eigenvalue weighted by Gasteiger charge is -2.48. The van der Waals surface area contributed by atoms with Crippen LogP contribution in [0.3, 0.4) is 0 Å². The van der Waals surface area contributed by atoms with Crippen molar-refractivity contribution in [2.45, 2.75) is 233 Å². The van der Waals surface area contributed by atoms with Gasteiger partial charge < -0.3 is 162 Å². The minimum absolute atomic E-state index is 0.0244. The molecule has 131 heavy (non-hydrogen) atoms. The fraction of sp³-hybridized carbons (Fsp3) is 0.524. The van der Waals surface area contributed by atoms with Crippen LogP contribution < -0.4 is 67.8 Å². The van der Waals surface area contributed by atoms with Gasteiger partial charge in [0.25, 0.3) is 0 Å². The van der Waals surface area contributed by atoms with Gasteiger partial charge in [-0.3, -0.25) is 47.5 Å². The van der Waals surface area contributed by atoms with Crippen molar-refractivity contribution in [2.75, 3.05) is 39.8 Å². The first-order valence-corrected chi connectivity index (χ1v) is 46.4. The number of nitrogens with one attached hydrogen (secondary N) is 9. The zero-order valence-corrected chi connectivity index (χ0v) is 75.3. The lowest BCUT2D eigenvalue weighted by Crippen LogP contribution is -2.66. The number of aldehydes is 1. The number of likely N-dealkylation sites (N-methyl/N-ethyl adjacent to an activating group) is 1. The number of fused-ring (bicyclic) bond motifs is 15. The van der Waals surface area contributed by atoms with E-state index < -0.39 is 305 Å². The van der Waals surface area contributed by atoms with Crippen molar-refractivity contribution in [3.63, 3.8) is 0 Å². The van der Waals surface area contributed by atoms with E-state index in [0.717, 1.165) is 105 Å². The molecule has 47 heteroatoms.